The van der Waals surface area contributed by atoms with Gasteiger partial charge in [0, 0.05) is 16.1 Å². The minimum Gasteiger partial charge on any atom is -0.117 e. The van der Waals surface area contributed by atoms with Gasteiger partial charge in [0.2, 0.25) is 0 Å². The molecule has 3 rings (SSSR count). The first kappa shape index (κ1) is 8.37. The fourth-order valence-electron chi connectivity index (χ4n) is 2.19. The number of rotatable bonds is 0. The molecule has 2 unspecified atom stereocenters. The average molecular weight is 200 g/mol. The van der Waals surface area contributed by atoms with E-state index in [9.17, 15) is 0 Å². The Morgan fingerprint density at radius 2 is 2.07 bits per heavy atom. The highest BCUT2D eigenvalue weighted by atomic mass is 32.2. The largest absolute Gasteiger partial charge is 0.117 e. The number of hydrogen-bond donors (Lipinski definition) is 0. The predicted octanol–water partition coefficient (Wildman–Crippen LogP) is 3.76. The normalized spacial score (nSPS) is 28.2. The molecule has 14 heavy (non-hydrogen) atoms. The molecule has 1 aliphatic heterocycles. The van der Waals surface area contributed by atoms with Crippen molar-refractivity contribution in [3.8, 4) is 0 Å². The molecule has 0 nitrogen and oxygen atoms in total. The summed E-state index contributed by atoms with van der Waals surface area (Å²) < 4.78 is 0. The van der Waals surface area contributed by atoms with Crippen LogP contribution in [0, 0.1) is 0 Å². The fraction of sp³-hybridized carbons (Fsp3) is 0.231. The molecule has 1 aromatic rings. The number of allylic oxidation sites excluding steroid dienone is 3. The Balaban J connectivity index is 2.11. The van der Waals surface area contributed by atoms with Gasteiger partial charge in [-0.25, -0.2) is 0 Å². The third-order valence-corrected chi connectivity index (χ3v) is 4.23. The minimum absolute atomic E-state index is 0.612. The second-order valence-corrected chi connectivity index (χ2v) is 5.14. The lowest BCUT2D eigenvalue weighted by Crippen LogP contribution is -2.08. The lowest BCUT2D eigenvalue weighted by Gasteiger charge is -2.16. The Labute approximate surface area is 88.7 Å². The number of thioether (sulfide) groups is 1. The summed E-state index contributed by atoms with van der Waals surface area (Å²) >= 11 is 1.99. The molecule has 1 heterocycles. The van der Waals surface area contributed by atoms with E-state index < -0.39 is 0 Å². The topological polar surface area (TPSA) is 0 Å². The zero-order valence-electron chi connectivity index (χ0n) is 8.10. The number of hydrogen-bond acceptors (Lipinski definition) is 1. The molecule has 0 amide bonds. The molecule has 0 N–H and O–H groups in total. The van der Waals surface area contributed by atoms with Gasteiger partial charge >= 0.3 is 0 Å². The van der Waals surface area contributed by atoms with Crippen LogP contribution in [0.1, 0.15) is 18.4 Å². The van der Waals surface area contributed by atoms with E-state index in [2.05, 4.69) is 49.4 Å². The van der Waals surface area contributed by atoms with E-state index in [4.69, 9.17) is 0 Å². The van der Waals surface area contributed by atoms with E-state index in [1.165, 1.54) is 16.0 Å². The van der Waals surface area contributed by atoms with Crippen molar-refractivity contribution in [1.82, 2.24) is 0 Å². The van der Waals surface area contributed by atoms with Gasteiger partial charge in [-0.15, -0.1) is 11.8 Å². The first-order valence-electron chi connectivity index (χ1n) is 4.97. The van der Waals surface area contributed by atoms with Crippen molar-refractivity contribution in [3.05, 3.63) is 53.6 Å². The van der Waals surface area contributed by atoms with Crippen LogP contribution in [-0.4, -0.2) is 5.25 Å². The summed E-state index contributed by atoms with van der Waals surface area (Å²) in [5.74, 6) is 0.612. The van der Waals surface area contributed by atoms with Gasteiger partial charge in [-0.3, -0.25) is 0 Å². The van der Waals surface area contributed by atoms with Crippen LogP contribution < -0.4 is 0 Å². The maximum absolute atomic E-state index is 2.39. The van der Waals surface area contributed by atoms with Crippen molar-refractivity contribution in [2.75, 3.05) is 0 Å². The smallest absolute Gasteiger partial charge is 0.0381 e. The maximum Gasteiger partial charge on any atom is 0.0381 e. The van der Waals surface area contributed by atoms with Crippen molar-refractivity contribution in [1.29, 1.82) is 0 Å². The zero-order chi connectivity index (χ0) is 9.54. The molecular weight excluding hydrogens is 188 g/mol. The highest BCUT2D eigenvalue weighted by molar-refractivity contribution is 8.00. The highest BCUT2D eigenvalue weighted by Crippen LogP contribution is 2.48. The maximum atomic E-state index is 2.39. The summed E-state index contributed by atoms with van der Waals surface area (Å²) in [6.45, 7) is 2.18. The third-order valence-electron chi connectivity index (χ3n) is 2.89. The van der Waals surface area contributed by atoms with Crippen LogP contribution in [0.15, 0.2) is 53.0 Å². The highest BCUT2D eigenvalue weighted by Gasteiger charge is 2.30. The molecule has 0 radical (unpaired) electrons. The van der Waals surface area contributed by atoms with E-state index in [1.807, 2.05) is 11.8 Å². The Kier molecular flexibility index (Phi) is 1.81. The molecule has 2 aliphatic rings. The van der Waals surface area contributed by atoms with E-state index in [-0.39, 0.29) is 0 Å². The van der Waals surface area contributed by atoms with Crippen LogP contribution in [0.25, 0.3) is 0 Å². The molecule has 0 saturated heterocycles. The summed E-state index contributed by atoms with van der Waals surface area (Å²) in [6.07, 6.45) is 6.97. The van der Waals surface area contributed by atoms with E-state index in [0.717, 1.165) is 0 Å². The summed E-state index contributed by atoms with van der Waals surface area (Å²) in [4.78, 5) is 1.46. The van der Waals surface area contributed by atoms with Crippen molar-refractivity contribution in [2.24, 2.45) is 0 Å². The molecule has 0 saturated carbocycles. The second kappa shape index (κ2) is 3.03. The third kappa shape index (κ3) is 1.16. The van der Waals surface area contributed by atoms with Crippen LogP contribution in [-0.2, 0) is 0 Å². The quantitative estimate of drug-likeness (QED) is 0.614. The zero-order valence-corrected chi connectivity index (χ0v) is 8.92. The Hall–Kier alpha value is -0.950. The molecule has 2 atom stereocenters. The van der Waals surface area contributed by atoms with Gasteiger partial charge in [0.15, 0.2) is 0 Å². The van der Waals surface area contributed by atoms with Gasteiger partial charge < -0.3 is 0 Å². The SMILES string of the molecule is CC1=CC2c3ccccc3SC2C=C1. The van der Waals surface area contributed by atoms with E-state index in [0.29, 0.717) is 11.2 Å². The number of benzene rings is 1. The summed E-state index contributed by atoms with van der Waals surface area (Å²) in [6, 6.07) is 8.76. The first-order chi connectivity index (χ1) is 6.84. The van der Waals surface area contributed by atoms with Crippen LogP contribution in [0.5, 0.6) is 0 Å². The summed E-state index contributed by atoms with van der Waals surface area (Å²) in [5, 5.41) is 0.635. The van der Waals surface area contributed by atoms with Crippen LogP contribution in [0.4, 0.5) is 0 Å². The Morgan fingerprint density at radius 3 is 3.00 bits per heavy atom. The molecule has 0 aromatic heterocycles. The van der Waals surface area contributed by atoms with Gasteiger partial charge in [0.05, 0.1) is 0 Å². The van der Waals surface area contributed by atoms with Crippen LogP contribution >= 0.6 is 11.8 Å². The van der Waals surface area contributed by atoms with E-state index in [1.54, 1.807) is 0 Å². The lowest BCUT2D eigenvalue weighted by molar-refractivity contribution is 0.870. The molecule has 1 aliphatic carbocycles. The van der Waals surface area contributed by atoms with Gasteiger partial charge in [0.25, 0.3) is 0 Å². The van der Waals surface area contributed by atoms with Crippen molar-refractivity contribution in [3.63, 3.8) is 0 Å². The van der Waals surface area contributed by atoms with Gasteiger partial charge in [0.1, 0.15) is 0 Å². The lowest BCUT2D eigenvalue weighted by atomic mass is 9.90. The fourth-order valence-corrected chi connectivity index (χ4v) is 3.51. The molecule has 1 aromatic carbocycles. The predicted molar refractivity (Wildman–Crippen MR) is 61.7 cm³/mol. The van der Waals surface area contributed by atoms with Crippen molar-refractivity contribution < 1.29 is 0 Å². The summed E-state index contributed by atoms with van der Waals surface area (Å²) in [7, 11) is 0. The molecule has 70 valence electrons. The van der Waals surface area contributed by atoms with Crippen molar-refractivity contribution in [2.45, 2.75) is 23.0 Å². The van der Waals surface area contributed by atoms with Crippen molar-refractivity contribution >= 4 is 11.8 Å². The standard InChI is InChI=1S/C13H12S/c1-9-6-7-13-11(8-9)10-4-2-3-5-12(10)14-13/h2-8,11,13H,1H3. The first-order valence-corrected chi connectivity index (χ1v) is 5.85. The van der Waals surface area contributed by atoms with Gasteiger partial charge in [-0.2, -0.15) is 0 Å². The Morgan fingerprint density at radius 1 is 1.21 bits per heavy atom. The molecular formula is C13H12S. The van der Waals surface area contributed by atoms with Crippen LogP contribution in [0.3, 0.4) is 0 Å². The molecule has 1 heteroatoms. The number of fused-ring (bicyclic) bond motifs is 3. The molecule has 0 bridgehead atoms. The van der Waals surface area contributed by atoms with Gasteiger partial charge in [-0.05, 0) is 18.6 Å². The van der Waals surface area contributed by atoms with Crippen LogP contribution in [0.2, 0.25) is 0 Å². The molecule has 0 spiro atoms. The Bertz CT molecular complexity index is 429. The average Bonchev–Trinajstić information content (AvgIpc) is 2.56. The molecule has 0 fully saturated rings. The monoisotopic (exact) mass is 200 g/mol. The van der Waals surface area contributed by atoms with Gasteiger partial charge in [-0.1, -0.05) is 42.0 Å². The minimum atomic E-state index is 0.612. The van der Waals surface area contributed by atoms with E-state index >= 15 is 0 Å². The summed E-state index contributed by atoms with van der Waals surface area (Å²) in [5.41, 5.74) is 2.90. The second-order valence-electron chi connectivity index (χ2n) is 3.92.